The molecule has 0 saturated carbocycles. The van der Waals surface area contributed by atoms with Crippen molar-refractivity contribution in [3.63, 3.8) is 0 Å². The largest absolute Gasteiger partial charge is 0.409 e. The lowest BCUT2D eigenvalue weighted by atomic mass is 10.3. The summed E-state index contributed by atoms with van der Waals surface area (Å²) < 4.78 is 3.63. The van der Waals surface area contributed by atoms with Gasteiger partial charge in [-0.3, -0.25) is 19.3 Å². The van der Waals surface area contributed by atoms with E-state index in [0.29, 0.717) is 11.4 Å². The van der Waals surface area contributed by atoms with Gasteiger partial charge in [0.25, 0.3) is 11.1 Å². The maximum Gasteiger partial charge on any atom is 0.349 e. The normalized spacial score (nSPS) is 11.7. The van der Waals surface area contributed by atoms with Gasteiger partial charge in [0.15, 0.2) is 17.2 Å². The van der Waals surface area contributed by atoms with Crippen molar-refractivity contribution in [2.75, 3.05) is 0 Å². The maximum atomic E-state index is 12.9. The third-order valence-corrected chi connectivity index (χ3v) is 3.91. The highest BCUT2D eigenvalue weighted by atomic mass is 16.4. The molecule has 1 aromatic carbocycles. The summed E-state index contributed by atoms with van der Waals surface area (Å²) in [4.78, 5) is 38.9. The zero-order valence-electron chi connectivity index (χ0n) is 13.9. The average Bonchev–Trinajstić information content (AvgIpc) is 2.85. The first-order valence-electron chi connectivity index (χ1n) is 7.42. The summed E-state index contributed by atoms with van der Waals surface area (Å²) in [6.45, 7) is 1.62. The smallest absolute Gasteiger partial charge is 0.349 e. The van der Waals surface area contributed by atoms with Crippen molar-refractivity contribution in [2.45, 2.75) is 6.92 Å². The summed E-state index contributed by atoms with van der Waals surface area (Å²) >= 11 is 0. The van der Waals surface area contributed by atoms with Crippen LogP contribution in [0.3, 0.4) is 0 Å². The van der Waals surface area contributed by atoms with Crippen LogP contribution in [-0.2, 0) is 7.05 Å². The topological polar surface area (TPSA) is 153 Å². The van der Waals surface area contributed by atoms with Crippen LogP contribution >= 0.6 is 0 Å². The number of nitrogens with zero attached hydrogens (tertiary/aromatic N) is 5. The molecule has 0 unspecified atom stereocenters. The second-order valence-electron chi connectivity index (χ2n) is 5.42. The fourth-order valence-corrected chi connectivity index (χ4v) is 2.56. The molecule has 0 bridgehead atoms. The van der Waals surface area contributed by atoms with Gasteiger partial charge < -0.3 is 10.9 Å². The van der Waals surface area contributed by atoms with Gasteiger partial charge in [0.05, 0.1) is 11.4 Å². The van der Waals surface area contributed by atoms with Gasteiger partial charge in [0.1, 0.15) is 0 Å². The first-order chi connectivity index (χ1) is 12.4. The second-order valence-corrected chi connectivity index (χ2v) is 5.42. The van der Waals surface area contributed by atoms with Crippen molar-refractivity contribution in [1.29, 1.82) is 0 Å². The molecule has 2 heterocycles. The molecule has 0 spiro atoms. The van der Waals surface area contributed by atoms with Crippen LogP contribution in [0, 0.1) is 6.92 Å². The van der Waals surface area contributed by atoms with Crippen molar-refractivity contribution in [2.24, 2.45) is 17.9 Å². The molecule has 4 N–H and O–H groups in total. The number of nitrogens with one attached hydrogen (secondary N) is 1. The van der Waals surface area contributed by atoms with Crippen LogP contribution in [0.1, 0.15) is 11.4 Å². The number of oxime groups is 1. The van der Waals surface area contributed by atoms with Gasteiger partial charge >= 0.3 is 5.69 Å². The van der Waals surface area contributed by atoms with Crippen LogP contribution in [-0.4, -0.2) is 35.2 Å². The molecule has 2 aromatic heterocycles. The molecule has 0 fully saturated rings. The number of benzene rings is 1. The Bertz CT molecular complexity index is 1180. The highest BCUT2D eigenvalue weighted by molar-refractivity contribution is 5.94. The minimum absolute atomic E-state index is 0.0652. The Kier molecular flexibility index (Phi) is 4.04. The number of aromatic amines is 1. The Hall–Kier alpha value is -3.89. The SMILES string of the molecule is Cc1c(-n2nc(/C(N)=N/O)c(=O)[nH]c2=O)c(=O)n(-c2ccccc2)n1C. The Morgan fingerprint density at radius 1 is 1.23 bits per heavy atom. The van der Waals surface area contributed by atoms with Gasteiger partial charge in [0, 0.05) is 7.05 Å². The molecule has 0 amide bonds. The van der Waals surface area contributed by atoms with Crippen molar-refractivity contribution in [1.82, 2.24) is 24.1 Å². The van der Waals surface area contributed by atoms with Crippen LogP contribution in [0.2, 0.25) is 0 Å². The highest BCUT2D eigenvalue weighted by Crippen LogP contribution is 2.11. The monoisotopic (exact) mass is 357 g/mol. The molecular weight excluding hydrogens is 342 g/mol. The summed E-state index contributed by atoms with van der Waals surface area (Å²) in [7, 11) is 1.65. The molecule has 11 nitrogen and oxygen atoms in total. The van der Waals surface area contributed by atoms with Gasteiger partial charge in [-0.05, 0) is 19.1 Å². The minimum atomic E-state index is -0.932. The lowest BCUT2D eigenvalue weighted by molar-refractivity contribution is 0.318. The van der Waals surface area contributed by atoms with E-state index in [2.05, 4.69) is 10.3 Å². The lowest BCUT2D eigenvalue weighted by Gasteiger charge is -2.07. The summed E-state index contributed by atoms with van der Waals surface area (Å²) in [5.74, 6) is -0.586. The summed E-state index contributed by atoms with van der Waals surface area (Å²) in [5, 5.41) is 15.3. The number of para-hydroxylation sites is 1. The third-order valence-electron chi connectivity index (χ3n) is 3.91. The first-order valence-corrected chi connectivity index (χ1v) is 7.42. The number of hydrogen-bond donors (Lipinski definition) is 3. The van der Waals surface area contributed by atoms with E-state index in [9.17, 15) is 14.4 Å². The fourth-order valence-electron chi connectivity index (χ4n) is 2.56. The van der Waals surface area contributed by atoms with Crippen molar-refractivity contribution in [3.8, 4) is 11.4 Å². The van der Waals surface area contributed by atoms with E-state index in [4.69, 9.17) is 10.9 Å². The van der Waals surface area contributed by atoms with E-state index in [-0.39, 0.29) is 5.69 Å². The third kappa shape index (κ3) is 2.51. The molecule has 0 radical (unpaired) electrons. The Labute approximate surface area is 145 Å². The zero-order valence-corrected chi connectivity index (χ0v) is 13.9. The van der Waals surface area contributed by atoms with Gasteiger partial charge in [-0.1, -0.05) is 23.4 Å². The van der Waals surface area contributed by atoms with Crippen LogP contribution in [0.15, 0.2) is 49.9 Å². The Balaban J connectivity index is 2.35. The van der Waals surface area contributed by atoms with Gasteiger partial charge in [-0.25, -0.2) is 9.48 Å². The Morgan fingerprint density at radius 3 is 2.50 bits per heavy atom. The van der Waals surface area contributed by atoms with Crippen LogP contribution < -0.4 is 22.5 Å². The van der Waals surface area contributed by atoms with Crippen molar-refractivity contribution >= 4 is 5.84 Å². The molecule has 0 aliphatic rings. The summed E-state index contributed by atoms with van der Waals surface area (Å²) in [5.41, 5.74) is 3.49. The van der Waals surface area contributed by atoms with Crippen molar-refractivity contribution < 1.29 is 5.21 Å². The molecule has 0 aliphatic carbocycles. The number of amidine groups is 1. The predicted octanol–water partition coefficient (Wildman–Crippen LogP) is -1.19. The molecule has 134 valence electrons. The standard InChI is InChI=1S/C15H15N7O4/c1-8-11(14(24)22(20(8)2)9-6-4-3-5-7-9)21-15(25)17-13(23)10(18-21)12(16)19-26/h3-7,26H,1-2H3,(H2,16,19)(H,17,23,25). The molecule has 0 aliphatic heterocycles. The average molecular weight is 357 g/mol. The molecule has 3 rings (SSSR count). The van der Waals surface area contributed by atoms with Crippen molar-refractivity contribution in [3.05, 3.63) is 72.9 Å². The molecule has 3 aromatic rings. The van der Waals surface area contributed by atoms with Crippen LogP contribution in [0.4, 0.5) is 0 Å². The van der Waals surface area contributed by atoms with Gasteiger partial charge in [-0.2, -0.15) is 9.78 Å². The van der Waals surface area contributed by atoms with E-state index in [1.165, 1.54) is 4.68 Å². The molecule has 26 heavy (non-hydrogen) atoms. The fraction of sp³-hybridized carbons (Fsp3) is 0.133. The highest BCUT2D eigenvalue weighted by Gasteiger charge is 2.21. The van der Waals surface area contributed by atoms with Gasteiger partial charge in [-0.15, -0.1) is 0 Å². The molecular formula is C15H15N7O4. The van der Waals surface area contributed by atoms with Crippen LogP contribution in [0.25, 0.3) is 11.4 Å². The van der Waals surface area contributed by atoms with E-state index < -0.39 is 28.3 Å². The number of rotatable bonds is 3. The van der Waals surface area contributed by atoms with E-state index in [1.54, 1.807) is 42.9 Å². The quantitative estimate of drug-likeness (QED) is 0.232. The minimum Gasteiger partial charge on any atom is -0.409 e. The summed E-state index contributed by atoms with van der Waals surface area (Å²) in [6, 6.07) is 8.81. The van der Waals surface area contributed by atoms with E-state index in [1.807, 2.05) is 11.1 Å². The predicted molar refractivity (Wildman–Crippen MR) is 92.3 cm³/mol. The van der Waals surface area contributed by atoms with E-state index in [0.717, 1.165) is 4.68 Å². The number of hydrogen-bond acceptors (Lipinski definition) is 6. The number of H-pyrrole nitrogens is 1. The van der Waals surface area contributed by atoms with Crippen LogP contribution in [0.5, 0.6) is 0 Å². The van der Waals surface area contributed by atoms with Gasteiger partial charge in [0.2, 0.25) is 0 Å². The first kappa shape index (κ1) is 17.0. The number of aromatic nitrogens is 5. The maximum absolute atomic E-state index is 12.9. The molecule has 0 atom stereocenters. The number of nitrogens with two attached hydrogens (primary N) is 1. The molecule has 0 saturated heterocycles. The Morgan fingerprint density at radius 2 is 1.88 bits per heavy atom. The van der Waals surface area contributed by atoms with E-state index >= 15 is 0 Å². The second kappa shape index (κ2) is 6.20. The zero-order chi connectivity index (χ0) is 19.0. The lowest BCUT2D eigenvalue weighted by Crippen LogP contribution is -2.39. The summed E-state index contributed by atoms with van der Waals surface area (Å²) in [6.07, 6.45) is 0. The molecule has 11 heteroatoms.